The third kappa shape index (κ3) is 3.85. The molecule has 4 aromatic heterocycles. The third-order valence-corrected chi connectivity index (χ3v) is 6.35. The van der Waals surface area contributed by atoms with Crippen LogP contribution in [-0.2, 0) is 0 Å². The molecule has 6 rings (SSSR count). The molecule has 4 heterocycles. The van der Waals surface area contributed by atoms with Crippen molar-refractivity contribution in [2.45, 2.75) is 50.5 Å². The second-order valence-corrected chi connectivity index (χ2v) is 8.81. The number of H-pyrrole nitrogens is 1. The molecule has 0 saturated heterocycles. The minimum Gasteiger partial charge on any atom is -0.378 e. The maximum Gasteiger partial charge on any atom is 0.252 e. The number of alkyl halides is 2. The van der Waals surface area contributed by atoms with Crippen molar-refractivity contribution in [1.29, 1.82) is 0 Å². The molecule has 2 aliphatic rings. The van der Waals surface area contributed by atoms with Gasteiger partial charge in [-0.3, -0.25) is 0 Å². The number of aromatic nitrogens is 5. The van der Waals surface area contributed by atoms with Crippen LogP contribution in [0.25, 0.3) is 27.7 Å². The van der Waals surface area contributed by atoms with E-state index in [4.69, 9.17) is 0 Å². The molecule has 2 aliphatic carbocycles. The van der Waals surface area contributed by atoms with Gasteiger partial charge in [-0.1, -0.05) is 6.58 Å². The first kappa shape index (κ1) is 20.6. The van der Waals surface area contributed by atoms with Crippen molar-refractivity contribution in [3.8, 4) is 11.1 Å². The topological polar surface area (TPSA) is 62.1 Å². The van der Waals surface area contributed by atoms with Gasteiger partial charge in [-0.2, -0.15) is 5.10 Å². The van der Waals surface area contributed by atoms with Gasteiger partial charge in [-0.25, -0.2) is 23.3 Å². The molecule has 0 aliphatic heterocycles. The molecule has 32 heavy (non-hydrogen) atoms. The predicted octanol–water partition coefficient (Wildman–Crippen LogP) is 5.32. The van der Waals surface area contributed by atoms with Crippen molar-refractivity contribution < 1.29 is 8.78 Å². The lowest BCUT2D eigenvalue weighted by Crippen LogP contribution is -2.47. The van der Waals surface area contributed by atoms with Crippen LogP contribution in [0.15, 0.2) is 49.7 Å². The number of hydrogen-bond donors (Lipinski definition) is 1. The lowest BCUT2D eigenvalue weighted by Gasteiger charge is -2.40. The summed E-state index contributed by atoms with van der Waals surface area (Å²) in [4.78, 5) is 14.2. The van der Waals surface area contributed by atoms with Gasteiger partial charge in [0.2, 0.25) is 0 Å². The quantitative estimate of drug-likeness (QED) is 0.470. The van der Waals surface area contributed by atoms with Crippen molar-refractivity contribution >= 4 is 16.6 Å². The molecule has 2 saturated carbocycles. The first-order valence-electron chi connectivity index (χ1n) is 10.9. The van der Waals surface area contributed by atoms with Gasteiger partial charge in [-0.05, 0) is 49.2 Å². The highest BCUT2D eigenvalue weighted by Gasteiger charge is 2.46. The number of fused-ring (bicyclic) bond motifs is 2. The van der Waals surface area contributed by atoms with Crippen molar-refractivity contribution in [3.05, 3.63) is 61.1 Å². The van der Waals surface area contributed by atoms with Crippen LogP contribution in [0.3, 0.4) is 0 Å². The van der Waals surface area contributed by atoms with E-state index in [0.717, 1.165) is 33.5 Å². The highest BCUT2D eigenvalue weighted by atomic mass is 19.3. The molecule has 0 unspecified atom stereocenters. The molecule has 0 radical (unpaired) electrons. The second-order valence-electron chi connectivity index (χ2n) is 8.81. The molecule has 166 valence electrons. The standard InChI is InChI=1S/C17H15N5.C7H11F2N/c1-10-7-20-22-5-4-12(6-15(10)22)13-8-19-17-14(13)9-18-16(21-17)11-2-3-11;1-3-10(2)6-4-7(8,9)5-6/h4-9,11H,2-3H2,1H3,(H,18,19,21);3,6H,1,4-5H2,2H3. The van der Waals surface area contributed by atoms with Gasteiger partial charge < -0.3 is 9.88 Å². The van der Waals surface area contributed by atoms with E-state index >= 15 is 0 Å². The Balaban J connectivity index is 0.000000183. The van der Waals surface area contributed by atoms with Crippen LogP contribution in [0.5, 0.6) is 0 Å². The highest BCUT2D eigenvalue weighted by molar-refractivity contribution is 5.93. The molecule has 4 aromatic rings. The average molecular weight is 437 g/mol. The maximum atomic E-state index is 12.2. The number of nitrogens with one attached hydrogen (secondary N) is 1. The van der Waals surface area contributed by atoms with E-state index in [1.165, 1.54) is 18.4 Å². The van der Waals surface area contributed by atoms with Crippen LogP contribution in [0.4, 0.5) is 8.78 Å². The number of aromatic amines is 1. The fraction of sp³-hybridized carbons (Fsp3) is 0.375. The van der Waals surface area contributed by atoms with Gasteiger partial charge in [-0.15, -0.1) is 0 Å². The normalized spacial score (nSPS) is 17.6. The van der Waals surface area contributed by atoms with Gasteiger partial charge in [0.25, 0.3) is 5.92 Å². The summed E-state index contributed by atoms with van der Waals surface area (Å²) in [6.07, 6.45) is 11.8. The summed E-state index contributed by atoms with van der Waals surface area (Å²) in [5.74, 6) is -0.869. The molecule has 8 heteroatoms. The smallest absolute Gasteiger partial charge is 0.252 e. The molecular formula is C24H26F2N6. The number of aryl methyl sites for hydroxylation is 1. The van der Waals surface area contributed by atoms with Crippen molar-refractivity contribution in [1.82, 2.24) is 29.5 Å². The largest absolute Gasteiger partial charge is 0.378 e. The van der Waals surface area contributed by atoms with E-state index in [0.29, 0.717) is 5.92 Å². The number of nitrogens with zero attached hydrogens (tertiary/aromatic N) is 5. The van der Waals surface area contributed by atoms with Crippen LogP contribution in [0.2, 0.25) is 0 Å². The Kier molecular flexibility index (Phi) is 4.95. The zero-order chi connectivity index (χ0) is 22.5. The van der Waals surface area contributed by atoms with E-state index in [1.807, 2.05) is 29.3 Å². The molecule has 2 fully saturated rings. The first-order chi connectivity index (χ1) is 15.3. The molecule has 0 amide bonds. The minimum absolute atomic E-state index is 0.00694. The monoisotopic (exact) mass is 436 g/mol. The molecule has 6 nitrogen and oxygen atoms in total. The molecule has 0 bridgehead atoms. The third-order valence-electron chi connectivity index (χ3n) is 6.35. The molecule has 0 spiro atoms. The zero-order valence-corrected chi connectivity index (χ0v) is 18.2. The number of halogens is 2. The summed E-state index contributed by atoms with van der Waals surface area (Å²) >= 11 is 0. The Labute approximate surface area is 185 Å². The Bertz CT molecular complexity index is 1280. The predicted molar refractivity (Wildman–Crippen MR) is 121 cm³/mol. The van der Waals surface area contributed by atoms with Crippen LogP contribution < -0.4 is 0 Å². The van der Waals surface area contributed by atoms with Crippen molar-refractivity contribution in [2.75, 3.05) is 7.05 Å². The average Bonchev–Trinajstić information content (AvgIpc) is 3.44. The van der Waals surface area contributed by atoms with E-state index in [1.54, 1.807) is 18.1 Å². The highest BCUT2D eigenvalue weighted by Crippen LogP contribution is 2.40. The number of pyridine rings is 1. The van der Waals surface area contributed by atoms with Gasteiger partial charge in [0.1, 0.15) is 11.5 Å². The minimum atomic E-state index is -2.41. The van der Waals surface area contributed by atoms with Crippen LogP contribution >= 0.6 is 0 Å². The van der Waals surface area contributed by atoms with E-state index < -0.39 is 5.92 Å². The van der Waals surface area contributed by atoms with Crippen molar-refractivity contribution in [3.63, 3.8) is 0 Å². The fourth-order valence-electron chi connectivity index (χ4n) is 4.04. The Hall–Kier alpha value is -3.29. The van der Waals surface area contributed by atoms with Gasteiger partial charge >= 0.3 is 0 Å². The summed E-state index contributed by atoms with van der Waals surface area (Å²) in [6, 6.07) is 4.25. The first-order valence-corrected chi connectivity index (χ1v) is 10.9. The lowest BCUT2D eigenvalue weighted by atomic mass is 9.87. The van der Waals surface area contributed by atoms with Gasteiger partial charge in [0.15, 0.2) is 0 Å². The van der Waals surface area contributed by atoms with Crippen LogP contribution in [0.1, 0.15) is 43.0 Å². The van der Waals surface area contributed by atoms with Gasteiger partial charge in [0.05, 0.1) is 11.7 Å². The molecule has 0 aromatic carbocycles. The second kappa shape index (κ2) is 7.69. The number of hydrogen-bond acceptors (Lipinski definition) is 4. The fourth-order valence-corrected chi connectivity index (χ4v) is 4.04. The SMILES string of the molecule is C=CN(C)C1CC(F)(F)C1.Cc1cnn2ccc(-c3c[nH]c4nc(C5CC5)ncc34)cc12. The molecule has 0 atom stereocenters. The summed E-state index contributed by atoms with van der Waals surface area (Å²) in [6.45, 7) is 5.57. The number of rotatable bonds is 4. The zero-order valence-electron chi connectivity index (χ0n) is 18.2. The Morgan fingerprint density at radius 3 is 2.75 bits per heavy atom. The Morgan fingerprint density at radius 1 is 1.28 bits per heavy atom. The molecular weight excluding hydrogens is 410 g/mol. The summed E-state index contributed by atoms with van der Waals surface area (Å²) in [7, 11) is 1.77. The summed E-state index contributed by atoms with van der Waals surface area (Å²) in [5.41, 5.74) is 5.53. The molecule has 1 N–H and O–H groups in total. The maximum absolute atomic E-state index is 12.2. The summed E-state index contributed by atoms with van der Waals surface area (Å²) in [5, 5.41) is 5.40. The Morgan fingerprint density at radius 2 is 2.06 bits per heavy atom. The van der Waals surface area contributed by atoms with E-state index in [-0.39, 0.29) is 18.9 Å². The lowest BCUT2D eigenvalue weighted by molar-refractivity contribution is -0.112. The van der Waals surface area contributed by atoms with E-state index in [9.17, 15) is 8.78 Å². The van der Waals surface area contributed by atoms with Crippen LogP contribution in [-0.4, -0.2) is 48.5 Å². The van der Waals surface area contributed by atoms with Crippen molar-refractivity contribution in [2.24, 2.45) is 0 Å². The van der Waals surface area contributed by atoms with Gasteiger partial charge in [0, 0.05) is 61.4 Å². The van der Waals surface area contributed by atoms with E-state index in [2.05, 4.69) is 45.7 Å². The summed E-state index contributed by atoms with van der Waals surface area (Å²) < 4.78 is 26.3. The van der Waals surface area contributed by atoms with Crippen LogP contribution in [0, 0.1) is 6.92 Å².